The third kappa shape index (κ3) is 3.50. The minimum atomic E-state index is 0.214. The number of benzene rings is 3. The summed E-state index contributed by atoms with van der Waals surface area (Å²) < 4.78 is 6.04. The van der Waals surface area contributed by atoms with E-state index in [2.05, 4.69) is 73.7 Å². The van der Waals surface area contributed by atoms with Gasteiger partial charge in [-0.1, -0.05) is 72.8 Å². The molecule has 1 atom stereocenters. The summed E-state index contributed by atoms with van der Waals surface area (Å²) in [4.78, 5) is 0. The first kappa shape index (κ1) is 13.8. The molecule has 3 aromatic rings. The second kappa shape index (κ2) is 6.55. The molecule has 3 rings (SSSR count). The molecule has 0 radical (unpaired) electrons. The molecule has 0 saturated heterocycles. The van der Waals surface area contributed by atoms with E-state index in [9.17, 15) is 0 Å². The van der Waals surface area contributed by atoms with Gasteiger partial charge in [-0.3, -0.25) is 0 Å². The molecule has 0 amide bonds. The van der Waals surface area contributed by atoms with Crippen LogP contribution in [0.1, 0.15) is 18.1 Å². The lowest BCUT2D eigenvalue weighted by Gasteiger charge is -2.14. The molecule has 0 aliphatic rings. The number of hydrogen-bond acceptors (Lipinski definition) is 1. The van der Waals surface area contributed by atoms with Crippen LogP contribution in [0, 0.1) is 0 Å². The predicted octanol–water partition coefficient (Wildman–Crippen LogP) is 4.99. The molecule has 0 aromatic heterocycles. The molecular weight excluding hydrogens is 256 g/mol. The van der Waals surface area contributed by atoms with Gasteiger partial charge in [0.15, 0.2) is 0 Å². The van der Waals surface area contributed by atoms with Gasteiger partial charge in [0.2, 0.25) is 0 Å². The van der Waals surface area contributed by atoms with Crippen LogP contribution in [0.25, 0.3) is 10.8 Å². The summed E-state index contributed by atoms with van der Waals surface area (Å²) in [5, 5.41) is 2.56. The average molecular weight is 276 g/mol. The Kier molecular flexibility index (Phi) is 4.32. The van der Waals surface area contributed by atoms with E-state index in [1.165, 1.54) is 21.9 Å². The maximum Gasteiger partial charge on any atom is 0.0726 e. The Bertz CT molecular complexity index is 698. The summed E-state index contributed by atoms with van der Waals surface area (Å²) >= 11 is 0. The fraction of sp³-hybridized carbons (Fsp3) is 0.200. The monoisotopic (exact) mass is 276 g/mol. The van der Waals surface area contributed by atoms with E-state index in [0.29, 0.717) is 6.61 Å². The summed E-state index contributed by atoms with van der Waals surface area (Å²) in [7, 11) is 0. The summed E-state index contributed by atoms with van der Waals surface area (Å²) in [6.45, 7) is 2.80. The zero-order chi connectivity index (χ0) is 14.5. The topological polar surface area (TPSA) is 9.23 Å². The van der Waals surface area contributed by atoms with E-state index < -0.39 is 0 Å². The van der Waals surface area contributed by atoms with Gasteiger partial charge >= 0.3 is 0 Å². The van der Waals surface area contributed by atoms with Gasteiger partial charge in [-0.15, -0.1) is 0 Å². The summed E-state index contributed by atoms with van der Waals surface area (Å²) in [5.74, 6) is 0. The minimum absolute atomic E-state index is 0.214. The highest BCUT2D eigenvalue weighted by Gasteiger charge is 2.06. The lowest BCUT2D eigenvalue weighted by Crippen LogP contribution is -2.11. The van der Waals surface area contributed by atoms with Gasteiger partial charge in [0.1, 0.15) is 0 Å². The summed E-state index contributed by atoms with van der Waals surface area (Å²) in [6, 6.07) is 25.4. The van der Waals surface area contributed by atoms with Crippen LogP contribution in [0.5, 0.6) is 0 Å². The largest absolute Gasteiger partial charge is 0.373 e. The molecule has 106 valence electrons. The van der Waals surface area contributed by atoms with Crippen LogP contribution in [-0.4, -0.2) is 6.10 Å². The van der Waals surface area contributed by atoms with Crippen molar-refractivity contribution < 1.29 is 4.74 Å². The molecule has 1 nitrogen and oxygen atoms in total. The minimum Gasteiger partial charge on any atom is -0.373 e. The van der Waals surface area contributed by atoms with E-state index >= 15 is 0 Å². The molecule has 0 N–H and O–H groups in total. The second-order valence-electron chi connectivity index (χ2n) is 5.45. The molecule has 0 bridgehead atoms. The Morgan fingerprint density at radius 2 is 1.52 bits per heavy atom. The van der Waals surface area contributed by atoms with Crippen molar-refractivity contribution in [2.75, 3.05) is 0 Å². The van der Waals surface area contributed by atoms with Gasteiger partial charge in [-0.2, -0.15) is 0 Å². The van der Waals surface area contributed by atoms with Crippen LogP contribution < -0.4 is 0 Å². The van der Waals surface area contributed by atoms with Crippen molar-refractivity contribution in [3.05, 3.63) is 83.9 Å². The highest BCUT2D eigenvalue weighted by atomic mass is 16.5. The molecule has 0 spiro atoms. The molecule has 0 fully saturated rings. The van der Waals surface area contributed by atoms with Crippen molar-refractivity contribution in [1.29, 1.82) is 0 Å². The highest BCUT2D eigenvalue weighted by molar-refractivity contribution is 5.85. The lowest BCUT2D eigenvalue weighted by molar-refractivity contribution is 0.0542. The van der Waals surface area contributed by atoms with Gasteiger partial charge in [-0.05, 0) is 35.2 Å². The third-order valence-electron chi connectivity index (χ3n) is 3.77. The van der Waals surface area contributed by atoms with Gasteiger partial charge in [-0.25, -0.2) is 0 Å². The molecule has 0 aliphatic heterocycles. The van der Waals surface area contributed by atoms with Crippen LogP contribution in [0.2, 0.25) is 0 Å². The Hall–Kier alpha value is -2.12. The molecule has 1 heteroatoms. The van der Waals surface area contributed by atoms with E-state index in [-0.39, 0.29) is 6.10 Å². The molecule has 0 aliphatic carbocycles. The van der Waals surface area contributed by atoms with Gasteiger partial charge < -0.3 is 4.74 Å². The first-order valence-electron chi connectivity index (χ1n) is 7.45. The Morgan fingerprint density at radius 3 is 2.38 bits per heavy atom. The van der Waals surface area contributed by atoms with Crippen LogP contribution in [0.3, 0.4) is 0 Å². The van der Waals surface area contributed by atoms with Crippen LogP contribution in [0.15, 0.2) is 72.8 Å². The highest BCUT2D eigenvalue weighted by Crippen LogP contribution is 2.20. The molecule has 3 aromatic carbocycles. The maximum absolute atomic E-state index is 6.04. The SMILES string of the molecule is CC(Cc1ccccc1)OCc1cccc2ccccc12. The van der Waals surface area contributed by atoms with E-state index in [0.717, 1.165) is 6.42 Å². The average Bonchev–Trinajstić information content (AvgIpc) is 2.54. The number of fused-ring (bicyclic) bond motifs is 1. The first-order chi connectivity index (χ1) is 10.3. The number of rotatable bonds is 5. The lowest BCUT2D eigenvalue weighted by atomic mass is 10.1. The van der Waals surface area contributed by atoms with Gasteiger partial charge in [0.25, 0.3) is 0 Å². The van der Waals surface area contributed by atoms with Gasteiger partial charge in [0, 0.05) is 0 Å². The number of ether oxygens (including phenoxy) is 1. The maximum atomic E-state index is 6.04. The van der Waals surface area contributed by atoms with Crippen molar-refractivity contribution in [2.24, 2.45) is 0 Å². The molecule has 0 heterocycles. The zero-order valence-corrected chi connectivity index (χ0v) is 12.3. The molecule has 1 unspecified atom stereocenters. The smallest absolute Gasteiger partial charge is 0.0726 e. The van der Waals surface area contributed by atoms with E-state index in [1.54, 1.807) is 0 Å². The van der Waals surface area contributed by atoms with Crippen molar-refractivity contribution in [3.8, 4) is 0 Å². The van der Waals surface area contributed by atoms with Crippen LogP contribution in [-0.2, 0) is 17.8 Å². The summed E-state index contributed by atoms with van der Waals surface area (Å²) in [6.07, 6.45) is 1.16. The first-order valence-corrected chi connectivity index (χ1v) is 7.45. The second-order valence-corrected chi connectivity index (χ2v) is 5.45. The summed E-state index contributed by atoms with van der Waals surface area (Å²) in [5.41, 5.74) is 2.58. The number of hydrogen-bond donors (Lipinski definition) is 0. The van der Waals surface area contributed by atoms with Crippen molar-refractivity contribution in [2.45, 2.75) is 26.1 Å². The fourth-order valence-corrected chi connectivity index (χ4v) is 2.66. The third-order valence-corrected chi connectivity index (χ3v) is 3.77. The van der Waals surface area contributed by atoms with E-state index in [4.69, 9.17) is 4.74 Å². The van der Waals surface area contributed by atoms with Crippen molar-refractivity contribution in [1.82, 2.24) is 0 Å². The fourth-order valence-electron chi connectivity index (χ4n) is 2.66. The normalized spacial score (nSPS) is 12.4. The van der Waals surface area contributed by atoms with Crippen LogP contribution >= 0.6 is 0 Å². The predicted molar refractivity (Wildman–Crippen MR) is 88.3 cm³/mol. The van der Waals surface area contributed by atoms with Crippen LogP contribution in [0.4, 0.5) is 0 Å². The quantitative estimate of drug-likeness (QED) is 0.638. The van der Waals surface area contributed by atoms with Crippen molar-refractivity contribution >= 4 is 10.8 Å². The van der Waals surface area contributed by atoms with Crippen molar-refractivity contribution in [3.63, 3.8) is 0 Å². The molecule has 0 saturated carbocycles. The Labute approximate surface area is 126 Å². The molecular formula is C20H20O. The van der Waals surface area contributed by atoms with E-state index in [1.807, 2.05) is 6.07 Å². The van der Waals surface area contributed by atoms with Gasteiger partial charge in [0.05, 0.1) is 12.7 Å². The Morgan fingerprint density at radius 1 is 0.810 bits per heavy atom. The molecule has 21 heavy (non-hydrogen) atoms. The zero-order valence-electron chi connectivity index (χ0n) is 12.3. The standard InChI is InChI=1S/C20H20O/c1-16(14-17-8-3-2-4-9-17)21-15-19-12-7-11-18-10-5-6-13-20(18)19/h2-13,16H,14-15H2,1H3. The Balaban J connectivity index is 1.66.